The van der Waals surface area contributed by atoms with Crippen molar-refractivity contribution >= 4 is 11.9 Å². The number of carbonyl (C=O) groups is 2. The predicted octanol–water partition coefficient (Wildman–Crippen LogP) is 7.69. The van der Waals surface area contributed by atoms with Crippen molar-refractivity contribution in [2.45, 2.75) is 129 Å². The minimum Gasteiger partial charge on any atom is -0.466 e. The Bertz CT molecular complexity index is 417. The Labute approximate surface area is 186 Å². The highest BCUT2D eigenvalue weighted by molar-refractivity contribution is 5.69. The number of ether oxygens (including phenoxy) is 2. The number of rotatable bonds is 22. The summed E-state index contributed by atoms with van der Waals surface area (Å²) in [5.74, 6) is -0.0737. The first-order valence-electron chi connectivity index (χ1n) is 12.7. The molecular formula is C26H48O4. The van der Waals surface area contributed by atoms with Crippen LogP contribution in [0.15, 0.2) is 12.2 Å². The van der Waals surface area contributed by atoms with Gasteiger partial charge in [0.15, 0.2) is 0 Å². The van der Waals surface area contributed by atoms with Gasteiger partial charge < -0.3 is 9.47 Å². The van der Waals surface area contributed by atoms with E-state index in [0.717, 1.165) is 44.9 Å². The quantitative estimate of drug-likeness (QED) is 0.101. The maximum Gasteiger partial charge on any atom is 0.305 e. The first-order valence-corrected chi connectivity index (χ1v) is 12.7. The Balaban J connectivity index is 3.20. The summed E-state index contributed by atoms with van der Waals surface area (Å²) >= 11 is 0. The van der Waals surface area contributed by atoms with Crippen molar-refractivity contribution < 1.29 is 19.1 Å². The highest BCUT2D eigenvalue weighted by atomic mass is 16.5. The van der Waals surface area contributed by atoms with Crippen LogP contribution in [0.3, 0.4) is 0 Å². The van der Waals surface area contributed by atoms with Crippen LogP contribution in [0.2, 0.25) is 0 Å². The van der Waals surface area contributed by atoms with E-state index in [1.54, 1.807) is 0 Å². The summed E-state index contributed by atoms with van der Waals surface area (Å²) in [4.78, 5) is 22.7. The van der Waals surface area contributed by atoms with Gasteiger partial charge >= 0.3 is 11.9 Å². The molecule has 0 aliphatic rings. The van der Waals surface area contributed by atoms with Gasteiger partial charge in [0.2, 0.25) is 0 Å². The Hall–Kier alpha value is -1.32. The molecule has 0 radical (unpaired) electrons. The van der Waals surface area contributed by atoms with Gasteiger partial charge in [0.1, 0.15) is 0 Å². The minimum atomic E-state index is -0.0406. The molecule has 0 saturated carbocycles. The molecule has 0 aromatic carbocycles. The van der Waals surface area contributed by atoms with Crippen molar-refractivity contribution in [1.29, 1.82) is 0 Å². The zero-order chi connectivity index (χ0) is 22.1. The lowest BCUT2D eigenvalue weighted by molar-refractivity contribution is -0.144. The Morgan fingerprint density at radius 1 is 0.533 bits per heavy atom. The third-order valence-electron chi connectivity index (χ3n) is 5.10. The van der Waals surface area contributed by atoms with Crippen molar-refractivity contribution in [1.82, 2.24) is 0 Å². The lowest BCUT2D eigenvalue weighted by Crippen LogP contribution is -2.04. The fourth-order valence-electron chi connectivity index (χ4n) is 3.29. The van der Waals surface area contributed by atoms with E-state index in [-0.39, 0.29) is 11.9 Å². The van der Waals surface area contributed by atoms with Crippen LogP contribution in [0.25, 0.3) is 0 Å². The second kappa shape index (κ2) is 24.0. The van der Waals surface area contributed by atoms with Crippen LogP contribution >= 0.6 is 0 Å². The Morgan fingerprint density at radius 2 is 0.867 bits per heavy atom. The van der Waals surface area contributed by atoms with Gasteiger partial charge in [0, 0.05) is 12.8 Å². The molecular weight excluding hydrogens is 376 g/mol. The summed E-state index contributed by atoms with van der Waals surface area (Å²) in [6.07, 6.45) is 24.4. The third kappa shape index (κ3) is 23.0. The molecule has 0 unspecified atom stereocenters. The molecule has 0 aromatic rings. The number of hydrogen-bond acceptors (Lipinski definition) is 4. The SMILES string of the molecule is CCCOC(=O)CCCCCC/C=C/CCCCCCCCCCC(=O)OCCC. The van der Waals surface area contributed by atoms with Gasteiger partial charge in [-0.05, 0) is 51.4 Å². The zero-order valence-corrected chi connectivity index (χ0v) is 19.9. The van der Waals surface area contributed by atoms with E-state index in [1.807, 2.05) is 13.8 Å². The molecule has 0 atom stereocenters. The van der Waals surface area contributed by atoms with E-state index in [4.69, 9.17) is 9.47 Å². The summed E-state index contributed by atoms with van der Waals surface area (Å²) in [6.45, 7) is 5.15. The van der Waals surface area contributed by atoms with Crippen molar-refractivity contribution in [3.63, 3.8) is 0 Å². The molecule has 0 aliphatic heterocycles. The van der Waals surface area contributed by atoms with Gasteiger partial charge in [-0.2, -0.15) is 0 Å². The van der Waals surface area contributed by atoms with E-state index >= 15 is 0 Å². The predicted molar refractivity (Wildman–Crippen MR) is 126 cm³/mol. The van der Waals surface area contributed by atoms with E-state index < -0.39 is 0 Å². The second-order valence-corrected chi connectivity index (χ2v) is 8.23. The molecule has 0 bridgehead atoms. The van der Waals surface area contributed by atoms with Crippen LogP contribution < -0.4 is 0 Å². The van der Waals surface area contributed by atoms with Crippen LogP contribution in [0, 0.1) is 0 Å². The number of allylic oxidation sites excluding steroid dienone is 2. The van der Waals surface area contributed by atoms with E-state index in [9.17, 15) is 9.59 Å². The number of esters is 2. The molecule has 0 amide bonds. The second-order valence-electron chi connectivity index (χ2n) is 8.23. The number of unbranched alkanes of at least 4 members (excludes halogenated alkanes) is 12. The summed E-state index contributed by atoms with van der Waals surface area (Å²) in [6, 6.07) is 0. The van der Waals surface area contributed by atoms with Crippen molar-refractivity contribution in [2.24, 2.45) is 0 Å². The first-order chi connectivity index (χ1) is 14.7. The molecule has 0 N–H and O–H groups in total. The molecule has 4 heteroatoms. The lowest BCUT2D eigenvalue weighted by atomic mass is 10.1. The fraction of sp³-hybridized carbons (Fsp3) is 0.846. The van der Waals surface area contributed by atoms with Crippen molar-refractivity contribution in [3.05, 3.63) is 12.2 Å². The van der Waals surface area contributed by atoms with Crippen LogP contribution in [0.4, 0.5) is 0 Å². The third-order valence-corrected chi connectivity index (χ3v) is 5.10. The molecule has 176 valence electrons. The number of carbonyl (C=O) groups excluding carboxylic acids is 2. The van der Waals surface area contributed by atoms with Gasteiger partial charge in [0.25, 0.3) is 0 Å². The summed E-state index contributed by atoms with van der Waals surface area (Å²) in [5.41, 5.74) is 0. The van der Waals surface area contributed by atoms with Gasteiger partial charge in [-0.3, -0.25) is 9.59 Å². The molecule has 0 saturated heterocycles. The highest BCUT2D eigenvalue weighted by Crippen LogP contribution is 2.12. The smallest absolute Gasteiger partial charge is 0.305 e. The number of hydrogen-bond donors (Lipinski definition) is 0. The first kappa shape index (κ1) is 28.7. The van der Waals surface area contributed by atoms with E-state index in [1.165, 1.54) is 57.8 Å². The Morgan fingerprint density at radius 3 is 1.23 bits per heavy atom. The van der Waals surface area contributed by atoms with Crippen LogP contribution in [-0.2, 0) is 19.1 Å². The van der Waals surface area contributed by atoms with Crippen LogP contribution in [-0.4, -0.2) is 25.2 Å². The molecule has 30 heavy (non-hydrogen) atoms. The van der Waals surface area contributed by atoms with Gasteiger partial charge in [0.05, 0.1) is 13.2 Å². The Kier molecular flexibility index (Phi) is 22.9. The largest absolute Gasteiger partial charge is 0.466 e. The lowest BCUT2D eigenvalue weighted by Gasteiger charge is -2.03. The molecule has 0 spiro atoms. The summed E-state index contributed by atoms with van der Waals surface area (Å²) in [5, 5.41) is 0. The highest BCUT2D eigenvalue weighted by Gasteiger charge is 2.02. The topological polar surface area (TPSA) is 52.6 Å². The van der Waals surface area contributed by atoms with Crippen molar-refractivity contribution in [2.75, 3.05) is 13.2 Å². The monoisotopic (exact) mass is 424 g/mol. The van der Waals surface area contributed by atoms with Gasteiger partial charge in [-0.25, -0.2) is 0 Å². The zero-order valence-electron chi connectivity index (χ0n) is 19.9. The maximum absolute atomic E-state index is 11.4. The molecule has 4 nitrogen and oxygen atoms in total. The van der Waals surface area contributed by atoms with Crippen molar-refractivity contribution in [3.8, 4) is 0 Å². The standard InChI is InChI=1S/C26H48O4/c1-3-23-29-25(27)21-19-17-15-13-11-9-7-5-6-8-10-12-14-16-18-20-22-26(28)30-24-4-2/h7,9H,3-6,8,10-24H2,1-2H3/b9-7+. The fourth-order valence-corrected chi connectivity index (χ4v) is 3.29. The summed E-state index contributed by atoms with van der Waals surface area (Å²) < 4.78 is 10.2. The average Bonchev–Trinajstić information content (AvgIpc) is 2.75. The molecule has 0 aromatic heterocycles. The van der Waals surface area contributed by atoms with Gasteiger partial charge in [-0.1, -0.05) is 77.4 Å². The molecule has 0 aliphatic carbocycles. The average molecular weight is 425 g/mol. The molecule has 0 rings (SSSR count). The van der Waals surface area contributed by atoms with Crippen LogP contribution in [0.1, 0.15) is 129 Å². The molecule has 0 fully saturated rings. The van der Waals surface area contributed by atoms with E-state index in [2.05, 4.69) is 12.2 Å². The van der Waals surface area contributed by atoms with Gasteiger partial charge in [-0.15, -0.1) is 0 Å². The minimum absolute atomic E-state index is 0.0331. The normalized spacial score (nSPS) is 11.1. The van der Waals surface area contributed by atoms with Crippen LogP contribution in [0.5, 0.6) is 0 Å². The molecule has 0 heterocycles. The maximum atomic E-state index is 11.4. The summed E-state index contributed by atoms with van der Waals surface area (Å²) in [7, 11) is 0. The van der Waals surface area contributed by atoms with E-state index in [0.29, 0.717) is 26.1 Å².